The highest BCUT2D eigenvalue weighted by Crippen LogP contribution is 2.18. The number of aliphatic hydroxyl groups is 4. The summed E-state index contributed by atoms with van der Waals surface area (Å²) >= 11 is 0. The molecule has 12 N–H and O–H groups in total. The second kappa shape index (κ2) is 17.5. The minimum Gasteiger partial charge on any atom is -0.480 e. The molecule has 1 rings (SSSR count). The van der Waals surface area contributed by atoms with Crippen LogP contribution in [-0.2, 0) is 33.6 Å². The van der Waals surface area contributed by atoms with Crippen LogP contribution in [0.25, 0.3) is 0 Å². The summed E-state index contributed by atoms with van der Waals surface area (Å²) in [6.45, 7) is 5.26. The van der Waals surface area contributed by atoms with Crippen molar-refractivity contribution in [3.8, 4) is 0 Å². The first-order valence-corrected chi connectivity index (χ1v) is 14.3. The third-order valence-electron chi connectivity index (χ3n) is 7.07. The van der Waals surface area contributed by atoms with E-state index in [1.165, 1.54) is 20.8 Å². The van der Waals surface area contributed by atoms with E-state index in [1.807, 2.05) is 0 Å². The summed E-state index contributed by atoms with van der Waals surface area (Å²) in [5, 5.41) is 60.0. The SMILES string of the molecule is C[C@H](NC(=O)[C@H](C)NC(=O)[C@@H](N)[C@@H](C)O)C(=O)N[C@H](C(=O)N[C@H](C(=O)N[C@@H](CO)C(=O)N1CCC[C@H]1C(=O)O)[C@@H](C)O)[C@@H](C)O. The first-order chi connectivity index (χ1) is 20.8. The Bertz CT molecular complexity index is 1100. The Labute approximate surface area is 259 Å². The Morgan fingerprint density at radius 2 is 1.16 bits per heavy atom. The van der Waals surface area contributed by atoms with Gasteiger partial charge in [0.05, 0.1) is 24.9 Å². The van der Waals surface area contributed by atoms with Crippen LogP contribution in [0.4, 0.5) is 0 Å². The molecule has 0 saturated carbocycles. The zero-order valence-corrected chi connectivity index (χ0v) is 25.7. The fraction of sp³-hybridized carbons (Fsp3) is 0.731. The number of amides is 6. The van der Waals surface area contributed by atoms with Gasteiger partial charge in [-0.15, -0.1) is 0 Å². The Kier molecular flexibility index (Phi) is 15.2. The number of aliphatic carboxylic acids is 1. The van der Waals surface area contributed by atoms with Crippen molar-refractivity contribution < 1.29 is 59.1 Å². The van der Waals surface area contributed by atoms with Crippen molar-refractivity contribution in [2.45, 2.75) is 108 Å². The lowest BCUT2D eigenvalue weighted by atomic mass is 10.1. The summed E-state index contributed by atoms with van der Waals surface area (Å²) in [4.78, 5) is 88.4. The van der Waals surface area contributed by atoms with Crippen molar-refractivity contribution in [3.63, 3.8) is 0 Å². The van der Waals surface area contributed by atoms with Crippen molar-refractivity contribution >= 4 is 41.4 Å². The zero-order chi connectivity index (χ0) is 34.8. The van der Waals surface area contributed by atoms with Gasteiger partial charge in [-0.05, 0) is 47.5 Å². The highest BCUT2D eigenvalue weighted by Gasteiger charge is 2.39. The third-order valence-corrected chi connectivity index (χ3v) is 7.07. The smallest absolute Gasteiger partial charge is 0.326 e. The first-order valence-electron chi connectivity index (χ1n) is 14.3. The molecular weight excluding hydrogens is 602 g/mol. The Balaban J connectivity index is 2.90. The number of hydrogen-bond acceptors (Lipinski definition) is 12. The number of nitrogens with two attached hydrogens (primary N) is 1. The van der Waals surface area contributed by atoms with Gasteiger partial charge < -0.3 is 62.8 Å². The van der Waals surface area contributed by atoms with Crippen LogP contribution < -0.4 is 32.3 Å². The maximum Gasteiger partial charge on any atom is 0.326 e. The molecule has 0 aromatic carbocycles. The van der Waals surface area contributed by atoms with Gasteiger partial charge in [-0.3, -0.25) is 28.8 Å². The van der Waals surface area contributed by atoms with Gasteiger partial charge in [0.1, 0.15) is 42.3 Å². The molecule has 10 atom stereocenters. The Morgan fingerprint density at radius 3 is 1.60 bits per heavy atom. The molecular formula is C26H45N7O12. The molecule has 1 fully saturated rings. The summed E-state index contributed by atoms with van der Waals surface area (Å²) < 4.78 is 0. The minimum absolute atomic E-state index is 0.0814. The molecule has 19 nitrogen and oxygen atoms in total. The summed E-state index contributed by atoms with van der Waals surface area (Å²) in [7, 11) is 0. The first kappa shape index (κ1) is 39.1. The summed E-state index contributed by atoms with van der Waals surface area (Å²) in [6, 6.07) is -9.97. The molecule has 0 aromatic rings. The normalized spacial score (nSPS) is 20.6. The molecule has 0 aliphatic carbocycles. The lowest BCUT2D eigenvalue weighted by Gasteiger charge is -2.29. The second-order valence-corrected chi connectivity index (χ2v) is 11.0. The minimum atomic E-state index is -1.75. The van der Waals surface area contributed by atoms with E-state index in [0.29, 0.717) is 6.42 Å². The second-order valence-electron chi connectivity index (χ2n) is 11.0. The predicted octanol–water partition coefficient (Wildman–Crippen LogP) is -6.01. The van der Waals surface area contributed by atoms with E-state index in [-0.39, 0.29) is 13.0 Å². The third kappa shape index (κ3) is 11.2. The van der Waals surface area contributed by atoms with Gasteiger partial charge in [-0.1, -0.05) is 0 Å². The van der Waals surface area contributed by atoms with Crippen LogP contribution >= 0.6 is 0 Å². The maximum absolute atomic E-state index is 13.0. The number of carbonyl (C=O) groups is 7. The van der Waals surface area contributed by atoms with E-state index in [9.17, 15) is 59.1 Å². The van der Waals surface area contributed by atoms with Crippen LogP contribution in [0.3, 0.4) is 0 Å². The lowest BCUT2D eigenvalue weighted by molar-refractivity contribution is -0.150. The highest BCUT2D eigenvalue weighted by atomic mass is 16.4. The topological polar surface area (TPSA) is 310 Å². The molecule has 19 heteroatoms. The van der Waals surface area contributed by atoms with Gasteiger partial charge in [0.2, 0.25) is 35.4 Å². The van der Waals surface area contributed by atoms with Crippen molar-refractivity contribution in [2.24, 2.45) is 5.73 Å². The van der Waals surface area contributed by atoms with E-state index in [4.69, 9.17) is 5.73 Å². The number of nitrogens with zero attached hydrogens (tertiary/aromatic N) is 1. The number of aliphatic hydroxyl groups excluding tert-OH is 4. The van der Waals surface area contributed by atoms with E-state index in [2.05, 4.69) is 26.6 Å². The molecule has 0 bridgehead atoms. The molecule has 0 aromatic heterocycles. The van der Waals surface area contributed by atoms with Crippen molar-refractivity contribution in [1.29, 1.82) is 0 Å². The standard InChI is InChI=1S/C26H45N7O12/c1-10(29-22(40)17(27)12(3)35)20(38)28-11(2)21(39)31-19(14(5)37)24(42)32-18(13(4)36)23(41)30-15(9-34)25(43)33-8-6-7-16(33)26(44)45/h10-19,34-37H,6-9,27H2,1-5H3,(H,28,38)(H,29,40)(H,30,41)(H,31,39)(H,32,42)(H,44,45)/t10-,11-,12+,13+,14+,15-,16-,17-,18-,19-/m0/s1. The van der Waals surface area contributed by atoms with Gasteiger partial charge in [-0.25, -0.2) is 4.79 Å². The number of carbonyl (C=O) groups excluding carboxylic acids is 6. The molecule has 6 amide bonds. The van der Waals surface area contributed by atoms with E-state index < -0.39 is 109 Å². The van der Waals surface area contributed by atoms with Crippen LogP contribution in [0.5, 0.6) is 0 Å². The quantitative estimate of drug-likeness (QED) is 0.0744. The number of nitrogens with one attached hydrogen (secondary N) is 5. The van der Waals surface area contributed by atoms with Crippen LogP contribution in [0.15, 0.2) is 0 Å². The largest absolute Gasteiger partial charge is 0.480 e. The molecule has 1 aliphatic rings. The van der Waals surface area contributed by atoms with E-state index in [1.54, 1.807) is 0 Å². The molecule has 0 radical (unpaired) electrons. The molecule has 45 heavy (non-hydrogen) atoms. The highest BCUT2D eigenvalue weighted by molar-refractivity contribution is 5.97. The van der Waals surface area contributed by atoms with Crippen LogP contribution in [0, 0.1) is 0 Å². The molecule has 1 saturated heterocycles. The number of likely N-dealkylation sites (tertiary alicyclic amines) is 1. The van der Waals surface area contributed by atoms with Crippen LogP contribution in [0.1, 0.15) is 47.5 Å². The summed E-state index contributed by atoms with van der Waals surface area (Å²) in [5.74, 6) is -6.98. The molecule has 256 valence electrons. The zero-order valence-electron chi connectivity index (χ0n) is 25.7. The summed E-state index contributed by atoms with van der Waals surface area (Å²) in [5.41, 5.74) is 5.52. The van der Waals surface area contributed by atoms with Crippen LogP contribution in [0.2, 0.25) is 0 Å². The van der Waals surface area contributed by atoms with Crippen molar-refractivity contribution in [1.82, 2.24) is 31.5 Å². The Hall–Kier alpha value is -3.91. The molecule has 0 unspecified atom stereocenters. The number of carboxylic acid groups (broad SMARTS) is 1. The van der Waals surface area contributed by atoms with Crippen LogP contribution in [-0.4, -0.2) is 146 Å². The molecule has 0 spiro atoms. The number of rotatable bonds is 16. The van der Waals surface area contributed by atoms with Crippen molar-refractivity contribution in [3.05, 3.63) is 0 Å². The van der Waals surface area contributed by atoms with Gasteiger partial charge >= 0.3 is 5.97 Å². The molecule has 1 heterocycles. The van der Waals surface area contributed by atoms with Gasteiger partial charge in [0.25, 0.3) is 0 Å². The number of carboxylic acids is 1. The van der Waals surface area contributed by atoms with Gasteiger partial charge in [-0.2, -0.15) is 0 Å². The number of hydrogen-bond donors (Lipinski definition) is 11. The average Bonchev–Trinajstić information content (AvgIpc) is 3.46. The fourth-order valence-electron chi connectivity index (χ4n) is 4.26. The lowest BCUT2D eigenvalue weighted by Crippen LogP contribution is -2.63. The Morgan fingerprint density at radius 1 is 0.711 bits per heavy atom. The average molecular weight is 648 g/mol. The van der Waals surface area contributed by atoms with Crippen molar-refractivity contribution in [2.75, 3.05) is 13.2 Å². The van der Waals surface area contributed by atoms with E-state index in [0.717, 1.165) is 18.7 Å². The monoisotopic (exact) mass is 647 g/mol. The fourth-order valence-corrected chi connectivity index (χ4v) is 4.26. The predicted molar refractivity (Wildman–Crippen MR) is 153 cm³/mol. The van der Waals surface area contributed by atoms with Gasteiger partial charge in [0, 0.05) is 6.54 Å². The summed E-state index contributed by atoms with van der Waals surface area (Å²) in [6.07, 6.45) is -3.74. The molecule has 1 aliphatic heterocycles. The van der Waals surface area contributed by atoms with Gasteiger partial charge in [0.15, 0.2) is 0 Å². The maximum atomic E-state index is 13.0. The van der Waals surface area contributed by atoms with E-state index >= 15 is 0 Å².